The lowest BCUT2D eigenvalue weighted by Gasteiger charge is -2.37. The van der Waals surface area contributed by atoms with Crippen LogP contribution in [0.3, 0.4) is 0 Å². The quantitative estimate of drug-likeness (QED) is 0.436. The zero-order chi connectivity index (χ0) is 14.5. The molecular formula is C15H22O4. The third-order valence-electron chi connectivity index (χ3n) is 3.42. The Morgan fingerprint density at radius 3 is 2.16 bits per heavy atom. The first kappa shape index (κ1) is 15.5. The van der Waals surface area contributed by atoms with Gasteiger partial charge >= 0.3 is 11.9 Å². The van der Waals surface area contributed by atoms with E-state index in [1.165, 1.54) is 6.92 Å². The first-order valence-electron chi connectivity index (χ1n) is 6.58. The lowest BCUT2D eigenvalue weighted by molar-refractivity contribution is -0.168. The van der Waals surface area contributed by atoms with Gasteiger partial charge in [0.1, 0.15) is 5.60 Å². The van der Waals surface area contributed by atoms with Crippen molar-refractivity contribution < 1.29 is 19.1 Å². The van der Waals surface area contributed by atoms with Gasteiger partial charge in [0.05, 0.1) is 0 Å². The van der Waals surface area contributed by atoms with E-state index in [4.69, 9.17) is 9.47 Å². The maximum absolute atomic E-state index is 11.8. The molecule has 1 saturated carbocycles. The normalized spacial score (nSPS) is 17.4. The minimum Gasteiger partial charge on any atom is -0.452 e. The van der Waals surface area contributed by atoms with E-state index in [2.05, 4.69) is 13.2 Å². The van der Waals surface area contributed by atoms with Crippen LogP contribution in [0.15, 0.2) is 24.3 Å². The predicted molar refractivity (Wildman–Crippen MR) is 72.5 cm³/mol. The first-order chi connectivity index (χ1) is 8.87. The lowest BCUT2D eigenvalue weighted by atomic mass is 9.80. The number of rotatable bonds is 5. The van der Waals surface area contributed by atoms with E-state index in [0.717, 1.165) is 37.7 Å². The van der Waals surface area contributed by atoms with Crippen molar-refractivity contribution in [2.75, 3.05) is 6.61 Å². The maximum Gasteiger partial charge on any atom is 0.345 e. The van der Waals surface area contributed by atoms with Crippen molar-refractivity contribution in [2.45, 2.75) is 51.6 Å². The minimum atomic E-state index is -0.579. The van der Waals surface area contributed by atoms with Crippen molar-refractivity contribution in [2.24, 2.45) is 0 Å². The topological polar surface area (TPSA) is 52.6 Å². The molecule has 19 heavy (non-hydrogen) atoms. The summed E-state index contributed by atoms with van der Waals surface area (Å²) < 4.78 is 10.3. The molecule has 0 amide bonds. The van der Waals surface area contributed by atoms with E-state index in [1.807, 2.05) is 6.92 Å². The Hall–Kier alpha value is -1.58. The average molecular weight is 266 g/mol. The van der Waals surface area contributed by atoms with Crippen molar-refractivity contribution in [1.82, 2.24) is 0 Å². The van der Waals surface area contributed by atoms with E-state index >= 15 is 0 Å². The third-order valence-corrected chi connectivity index (χ3v) is 3.42. The summed E-state index contributed by atoms with van der Waals surface area (Å²) in [5.74, 6) is -1.11. The Morgan fingerprint density at radius 1 is 1.11 bits per heavy atom. The van der Waals surface area contributed by atoms with Gasteiger partial charge in [0.15, 0.2) is 6.61 Å². The van der Waals surface area contributed by atoms with Gasteiger partial charge in [-0.15, -0.1) is 0 Å². The standard InChI is InChI=1S/C15H22O4/c1-11(2)14(17)18-10-13(16)19-15(12(3)4)8-6-5-7-9-15/h1,3,5-10H2,2,4H3. The molecule has 4 nitrogen and oxygen atoms in total. The van der Waals surface area contributed by atoms with Crippen molar-refractivity contribution in [3.8, 4) is 0 Å². The second-order valence-corrected chi connectivity index (χ2v) is 5.17. The zero-order valence-electron chi connectivity index (χ0n) is 11.8. The van der Waals surface area contributed by atoms with Crippen LogP contribution in [-0.2, 0) is 19.1 Å². The fourth-order valence-corrected chi connectivity index (χ4v) is 2.23. The Morgan fingerprint density at radius 2 is 1.68 bits per heavy atom. The molecule has 0 spiro atoms. The second-order valence-electron chi connectivity index (χ2n) is 5.17. The van der Waals surface area contributed by atoms with Crippen LogP contribution in [0, 0.1) is 0 Å². The van der Waals surface area contributed by atoms with Gasteiger partial charge in [0.2, 0.25) is 0 Å². The molecule has 1 aliphatic carbocycles. The highest BCUT2D eigenvalue weighted by molar-refractivity contribution is 5.88. The molecule has 4 heteroatoms. The zero-order valence-corrected chi connectivity index (χ0v) is 11.8. The molecule has 0 heterocycles. The summed E-state index contributed by atoms with van der Waals surface area (Å²) in [7, 11) is 0. The monoisotopic (exact) mass is 266 g/mol. The summed E-state index contributed by atoms with van der Waals surface area (Å²) in [6.07, 6.45) is 4.78. The summed E-state index contributed by atoms with van der Waals surface area (Å²) in [6, 6.07) is 0. The fourth-order valence-electron chi connectivity index (χ4n) is 2.23. The number of carbonyl (C=O) groups excluding carboxylic acids is 2. The van der Waals surface area contributed by atoms with Gasteiger partial charge in [0, 0.05) is 5.57 Å². The molecule has 0 unspecified atom stereocenters. The molecule has 0 saturated heterocycles. The van der Waals surface area contributed by atoms with Gasteiger partial charge in [-0.1, -0.05) is 19.6 Å². The highest BCUT2D eigenvalue weighted by Gasteiger charge is 2.36. The van der Waals surface area contributed by atoms with Crippen LogP contribution in [-0.4, -0.2) is 24.1 Å². The van der Waals surface area contributed by atoms with E-state index in [0.29, 0.717) is 0 Å². The summed E-state index contributed by atoms with van der Waals surface area (Å²) in [5.41, 5.74) is 0.539. The SMILES string of the molecule is C=C(C)C(=O)OCC(=O)OC1(C(=C)C)CCCCC1. The molecule has 106 valence electrons. The molecule has 0 aromatic heterocycles. The van der Waals surface area contributed by atoms with Crippen molar-refractivity contribution >= 4 is 11.9 Å². The number of esters is 2. The molecule has 0 aromatic carbocycles. The molecule has 1 fully saturated rings. The molecule has 0 bridgehead atoms. The van der Waals surface area contributed by atoms with Gasteiger partial charge in [0.25, 0.3) is 0 Å². The highest BCUT2D eigenvalue weighted by atomic mass is 16.6. The Kier molecular flexibility index (Phi) is 5.33. The summed E-state index contributed by atoms with van der Waals surface area (Å²) >= 11 is 0. The Balaban J connectivity index is 2.55. The average Bonchev–Trinajstić information content (AvgIpc) is 2.36. The predicted octanol–water partition coefficient (Wildman–Crippen LogP) is 2.93. The van der Waals surface area contributed by atoms with E-state index in [-0.39, 0.29) is 12.2 Å². The van der Waals surface area contributed by atoms with Crippen LogP contribution >= 0.6 is 0 Å². The van der Waals surface area contributed by atoms with Crippen LogP contribution in [0.4, 0.5) is 0 Å². The summed E-state index contributed by atoms with van der Waals surface area (Å²) in [6.45, 7) is 10.4. The Labute approximate surface area is 114 Å². The van der Waals surface area contributed by atoms with Gasteiger partial charge < -0.3 is 9.47 Å². The maximum atomic E-state index is 11.8. The third kappa shape index (κ3) is 4.23. The number of ether oxygens (including phenoxy) is 2. The summed E-state index contributed by atoms with van der Waals surface area (Å²) in [4.78, 5) is 23.0. The molecular weight excluding hydrogens is 244 g/mol. The van der Waals surface area contributed by atoms with Gasteiger partial charge in [-0.3, -0.25) is 0 Å². The minimum absolute atomic E-state index is 0.264. The van der Waals surface area contributed by atoms with Crippen LogP contribution < -0.4 is 0 Å². The number of hydrogen-bond donors (Lipinski definition) is 0. The highest BCUT2D eigenvalue weighted by Crippen LogP contribution is 2.36. The fraction of sp³-hybridized carbons (Fsp3) is 0.600. The van der Waals surface area contributed by atoms with Crippen LogP contribution in [0.25, 0.3) is 0 Å². The van der Waals surface area contributed by atoms with Gasteiger partial charge in [-0.2, -0.15) is 0 Å². The number of hydrogen-bond acceptors (Lipinski definition) is 4. The molecule has 0 N–H and O–H groups in total. The van der Waals surface area contributed by atoms with Crippen LogP contribution in [0.1, 0.15) is 46.0 Å². The van der Waals surface area contributed by atoms with E-state index in [1.54, 1.807) is 0 Å². The molecule has 0 atom stereocenters. The molecule has 0 aliphatic heterocycles. The van der Waals surface area contributed by atoms with Crippen molar-refractivity contribution in [3.63, 3.8) is 0 Å². The lowest BCUT2D eigenvalue weighted by Crippen LogP contribution is -2.39. The molecule has 0 radical (unpaired) electrons. The Bertz CT molecular complexity index is 389. The second kappa shape index (κ2) is 6.55. The van der Waals surface area contributed by atoms with Crippen LogP contribution in [0.2, 0.25) is 0 Å². The van der Waals surface area contributed by atoms with E-state index in [9.17, 15) is 9.59 Å². The molecule has 0 aromatic rings. The smallest absolute Gasteiger partial charge is 0.345 e. The van der Waals surface area contributed by atoms with E-state index < -0.39 is 17.5 Å². The van der Waals surface area contributed by atoms with Gasteiger partial charge in [-0.05, 0) is 45.1 Å². The first-order valence-corrected chi connectivity index (χ1v) is 6.58. The van der Waals surface area contributed by atoms with Gasteiger partial charge in [-0.25, -0.2) is 9.59 Å². The summed E-state index contributed by atoms with van der Waals surface area (Å²) in [5, 5.41) is 0. The molecule has 1 aliphatic rings. The van der Waals surface area contributed by atoms with Crippen molar-refractivity contribution in [1.29, 1.82) is 0 Å². The largest absolute Gasteiger partial charge is 0.452 e. The van der Waals surface area contributed by atoms with Crippen LogP contribution in [0.5, 0.6) is 0 Å². The molecule has 1 rings (SSSR count). The number of carbonyl (C=O) groups is 2. The van der Waals surface area contributed by atoms with Crippen molar-refractivity contribution in [3.05, 3.63) is 24.3 Å².